The second kappa shape index (κ2) is 4.56. The number of aromatic hydroxyl groups is 1. The summed E-state index contributed by atoms with van der Waals surface area (Å²) >= 11 is 0. The van der Waals surface area contributed by atoms with E-state index in [1.807, 2.05) is 0 Å². The normalized spacial score (nSPS) is 10.2. The number of anilines is 1. The number of aromatic carboxylic acids is 1. The zero-order valence-electron chi connectivity index (χ0n) is 7.78. The third kappa shape index (κ3) is 2.66. The molecule has 0 unspecified atom stereocenters. The third-order valence-electron chi connectivity index (χ3n) is 1.69. The van der Waals surface area contributed by atoms with Crippen molar-refractivity contribution in [1.82, 2.24) is 0 Å². The molecule has 1 rings (SSSR count). The number of nitrogens with one attached hydrogen (secondary N) is 1. The molecule has 0 aliphatic rings. The SMILES string of the molecule is O=C(O)c1cc(O)ccc1NC(=O)C(F)F. The van der Waals surface area contributed by atoms with Crippen LogP contribution in [-0.4, -0.2) is 28.5 Å². The van der Waals surface area contributed by atoms with Gasteiger partial charge in [-0.1, -0.05) is 0 Å². The van der Waals surface area contributed by atoms with Crippen molar-refractivity contribution in [3.05, 3.63) is 23.8 Å². The quantitative estimate of drug-likeness (QED) is 0.684. The molecular weight excluding hydrogens is 224 g/mol. The van der Waals surface area contributed by atoms with E-state index in [1.165, 1.54) is 0 Å². The molecule has 0 bridgehead atoms. The number of phenolic OH excluding ortho intramolecular Hbond substituents is 1. The molecule has 0 aliphatic heterocycles. The van der Waals surface area contributed by atoms with E-state index in [9.17, 15) is 18.4 Å². The Morgan fingerprint density at radius 3 is 2.44 bits per heavy atom. The smallest absolute Gasteiger partial charge is 0.337 e. The number of carboxylic acids is 1. The first-order valence-electron chi connectivity index (χ1n) is 4.07. The fourth-order valence-corrected chi connectivity index (χ4v) is 1.01. The number of rotatable bonds is 3. The van der Waals surface area contributed by atoms with Crippen LogP contribution < -0.4 is 5.32 Å². The summed E-state index contributed by atoms with van der Waals surface area (Å²) in [6.07, 6.45) is -3.24. The number of carboxylic acid groups (broad SMARTS) is 1. The lowest BCUT2D eigenvalue weighted by molar-refractivity contribution is -0.126. The van der Waals surface area contributed by atoms with Gasteiger partial charge >= 0.3 is 12.4 Å². The van der Waals surface area contributed by atoms with Crippen molar-refractivity contribution in [2.75, 3.05) is 5.32 Å². The first-order chi connectivity index (χ1) is 7.41. The van der Waals surface area contributed by atoms with Gasteiger partial charge in [0.15, 0.2) is 0 Å². The number of phenols is 1. The first kappa shape index (κ1) is 11.9. The lowest BCUT2D eigenvalue weighted by Crippen LogP contribution is -2.21. The van der Waals surface area contributed by atoms with E-state index in [4.69, 9.17) is 10.2 Å². The molecule has 16 heavy (non-hydrogen) atoms. The Labute approximate surface area is 88.3 Å². The Balaban J connectivity index is 3.04. The highest BCUT2D eigenvalue weighted by Crippen LogP contribution is 2.21. The van der Waals surface area contributed by atoms with Crippen LogP contribution in [0.1, 0.15) is 10.4 Å². The Bertz CT molecular complexity index is 434. The van der Waals surface area contributed by atoms with E-state index in [1.54, 1.807) is 5.32 Å². The summed E-state index contributed by atoms with van der Waals surface area (Å²) in [6.45, 7) is 0. The van der Waals surface area contributed by atoms with Crippen molar-refractivity contribution >= 4 is 17.6 Å². The highest BCUT2D eigenvalue weighted by molar-refractivity contribution is 6.01. The van der Waals surface area contributed by atoms with E-state index in [0.717, 1.165) is 18.2 Å². The summed E-state index contributed by atoms with van der Waals surface area (Å²) in [5, 5.41) is 19.4. The van der Waals surface area contributed by atoms with E-state index in [2.05, 4.69) is 0 Å². The van der Waals surface area contributed by atoms with Gasteiger partial charge in [0.05, 0.1) is 11.3 Å². The fraction of sp³-hybridized carbons (Fsp3) is 0.111. The predicted molar refractivity (Wildman–Crippen MR) is 49.7 cm³/mol. The van der Waals surface area contributed by atoms with Gasteiger partial charge in [-0.05, 0) is 18.2 Å². The number of hydrogen-bond donors (Lipinski definition) is 3. The topological polar surface area (TPSA) is 86.6 Å². The van der Waals surface area contributed by atoms with E-state index < -0.39 is 23.9 Å². The van der Waals surface area contributed by atoms with Crippen molar-refractivity contribution in [3.63, 3.8) is 0 Å². The second-order valence-corrected chi connectivity index (χ2v) is 2.82. The van der Waals surface area contributed by atoms with Gasteiger partial charge in [-0.2, -0.15) is 8.78 Å². The second-order valence-electron chi connectivity index (χ2n) is 2.82. The predicted octanol–water partition coefficient (Wildman–Crippen LogP) is 1.29. The average Bonchev–Trinajstić information content (AvgIpc) is 2.20. The summed E-state index contributed by atoms with van der Waals surface area (Å²) in [5.41, 5.74) is -0.760. The van der Waals surface area contributed by atoms with Crippen molar-refractivity contribution in [2.45, 2.75) is 6.43 Å². The molecule has 0 heterocycles. The van der Waals surface area contributed by atoms with Gasteiger partial charge in [0.25, 0.3) is 5.91 Å². The summed E-state index contributed by atoms with van der Waals surface area (Å²) in [6, 6.07) is 2.95. The van der Waals surface area contributed by atoms with Gasteiger partial charge in [0, 0.05) is 0 Å². The molecule has 0 radical (unpaired) electrons. The molecule has 0 aliphatic carbocycles. The Morgan fingerprint density at radius 2 is 1.94 bits per heavy atom. The van der Waals surface area contributed by atoms with Crippen molar-refractivity contribution in [3.8, 4) is 5.75 Å². The Morgan fingerprint density at radius 1 is 1.31 bits per heavy atom. The van der Waals surface area contributed by atoms with Crippen molar-refractivity contribution < 1.29 is 28.6 Å². The van der Waals surface area contributed by atoms with Crippen LogP contribution in [0.15, 0.2) is 18.2 Å². The lowest BCUT2D eigenvalue weighted by atomic mass is 10.1. The van der Waals surface area contributed by atoms with Gasteiger partial charge in [-0.3, -0.25) is 4.79 Å². The van der Waals surface area contributed by atoms with E-state index in [0.29, 0.717) is 0 Å². The van der Waals surface area contributed by atoms with Gasteiger partial charge in [-0.25, -0.2) is 4.79 Å². The third-order valence-corrected chi connectivity index (χ3v) is 1.69. The Kier molecular flexibility index (Phi) is 3.39. The van der Waals surface area contributed by atoms with Crippen LogP contribution in [-0.2, 0) is 4.79 Å². The first-order valence-corrected chi connectivity index (χ1v) is 4.07. The van der Waals surface area contributed by atoms with Crippen molar-refractivity contribution in [2.24, 2.45) is 0 Å². The van der Waals surface area contributed by atoms with Gasteiger partial charge in [0.2, 0.25) is 0 Å². The van der Waals surface area contributed by atoms with Gasteiger partial charge in [0.1, 0.15) is 5.75 Å². The molecule has 1 aromatic rings. The van der Waals surface area contributed by atoms with Crippen LogP contribution in [0.4, 0.5) is 14.5 Å². The largest absolute Gasteiger partial charge is 0.508 e. The number of benzene rings is 1. The number of hydrogen-bond acceptors (Lipinski definition) is 3. The number of amides is 1. The van der Waals surface area contributed by atoms with E-state index in [-0.39, 0.29) is 11.4 Å². The summed E-state index contributed by atoms with van der Waals surface area (Å²) in [7, 11) is 0. The standard InChI is InChI=1S/C9H7F2NO4/c10-7(11)8(14)12-6-2-1-4(13)3-5(6)9(15)16/h1-3,7,13H,(H,12,14)(H,15,16). The lowest BCUT2D eigenvalue weighted by Gasteiger charge is -2.07. The molecular formula is C9H7F2NO4. The van der Waals surface area contributed by atoms with E-state index >= 15 is 0 Å². The molecule has 0 atom stereocenters. The number of carbonyl (C=O) groups is 2. The zero-order chi connectivity index (χ0) is 12.3. The summed E-state index contributed by atoms with van der Waals surface area (Å²) < 4.78 is 23.8. The van der Waals surface area contributed by atoms with Gasteiger partial charge < -0.3 is 15.5 Å². The molecule has 0 spiro atoms. The molecule has 1 amide bonds. The fourth-order valence-electron chi connectivity index (χ4n) is 1.01. The highest BCUT2D eigenvalue weighted by Gasteiger charge is 2.19. The summed E-state index contributed by atoms with van der Waals surface area (Å²) in [4.78, 5) is 21.3. The van der Waals surface area contributed by atoms with Crippen LogP contribution in [0, 0.1) is 0 Å². The minimum atomic E-state index is -3.24. The van der Waals surface area contributed by atoms with Crippen molar-refractivity contribution in [1.29, 1.82) is 0 Å². The molecule has 0 aromatic heterocycles. The summed E-state index contributed by atoms with van der Waals surface area (Å²) in [5.74, 6) is -3.39. The minimum absolute atomic E-state index is 0.296. The number of alkyl halides is 2. The van der Waals surface area contributed by atoms with Crippen LogP contribution in [0.2, 0.25) is 0 Å². The van der Waals surface area contributed by atoms with Crippen LogP contribution in [0.5, 0.6) is 5.75 Å². The molecule has 5 nitrogen and oxygen atoms in total. The minimum Gasteiger partial charge on any atom is -0.508 e. The maximum absolute atomic E-state index is 11.9. The zero-order valence-corrected chi connectivity index (χ0v) is 7.78. The molecule has 0 saturated carbocycles. The number of halogens is 2. The maximum atomic E-state index is 11.9. The molecule has 1 aromatic carbocycles. The average molecular weight is 231 g/mol. The number of carbonyl (C=O) groups excluding carboxylic acids is 1. The Hall–Kier alpha value is -2.18. The molecule has 0 fully saturated rings. The molecule has 3 N–H and O–H groups in total. The van der Waals surface area contributed by atoms with Gasteiger partial charge in [-0.15, -0.1) is 0 Å². The molecule has 0 saturated heterocycles. The molecule has 86 valence electrons. The van der Waals surface area contributed by atoms with Crippen LogP contribution in [0.25, 0.3) is 0 Å². The monoisotopic (exact) mass is 231 g/mol. The van der Waals surface area contributed by atoms with Crippen LogP contribution >= 0.6 is 0 Å². The molecule has 7 heteroatoms. The van der Waals surface area contributed by atoms with Crippen LogP contribution in [0.3, 0.4) is 0 Å². The highest BCUT2D eigenvalue weighted by atomic mass is 19.3. The maximum Gasteiger partial charge on any atom is 0.337 e.